The summed E-state index contributed by atoms with van der Waals surface area (Å²) in [4.78, 5) is 12.6. The van der Waals surface area contributed by atoms with E-state index in [2.05, 4.69) is 55.6 Å². The van der Waals surface area contributed by atoms with Crippen molar-refractivity contribution in [2.24, 2.45) is 0 Å². The topological polar surface area (TPSA) is 110 Å². The normalized spacial score (nSPS) is 13.8. The Bertz CT molecular complexity index is 1140. The highest BCUT2D eigenvalue weighted by Crippen LogP contribution is 2.18. The summed E-state index contributed by atoms with van der Waals surface area (Å²) in [6.07, 6.45) is 76.8. The molecule has 0 fully saturated rings. The van der Waals surface area contributed by atoms with Gasteiger partial charge in [0.25, 0.3) is 0 Å². The largest absolute Gasteiger partial charge is 0.394 e. The molecule has 72 heavy (non-hydrogen) atoms. The summed E-state index contributed by atoms with van der Waals surface area (Å²) in [7, 11) is 0. The molecule has 0 radical (unpaired) electrons. The molecule has 4 unspecified atom stereocenters. The van der Waals surface area contributed by atoms with Crippen molar-refractivity contribution in [3.8, 4) is 0 Å². The van der Waals surface area contributed by atoms with Crippen LogP contribution in [0.3, 0.4) is 0 Å². The molecule has 426 valence electrons. The molecule has 0 aromatic heterocycles. The Morgan fingerprint density at radius 2 is 0.611 bits per heavy atom. The summed E-state index contributed by atoms with van der Waals surface area (Å²) >= 11 is 0. The molecule has 0 spiro atoms. The van der Waals surface area contributed by atoms with Crippen LogP contribution in [-0.2, 0) is 4.79 Å². The summed E-state index contributed by atoms with van der Waals surface area (Å²) in [5.74, 6) is -0.588. The van der Waals surface area contributed by atoms with Crippen molar-refractivity contribution in [1.29, 1.82) is 0 Å². The second-order valence-corrected chi connectivity index (χ2v) is 22.5. The van der Waals surface area contributed by atoms with E-state index in [0.717, 1.165) is 44.9 Å². The van der Waals surface area contributed by atoms with Gasteiger partial charge in [-0.1, -0.05) is 314 Å². The summed E-state index contributed by atoms with van der Waals surface area (Å²) in [5.41, 5.74) is 0. The Morgan fingerprint density at radius 3 is 0.917 bits per heavy atom. The van der Waals surface area contributed by atoms with Crippen LogP contribution in [0.1, 0.15) is 348 Å². The molecule has 6 nitrogen and oxygen atoms in total. The lowest BCUT2D eigenvalue weighted by molar-refractivity contribution is -0.132. The van der Waals surface area contributed by atoms with Crippen LogP contribution in [0.2, 0.25) is 0 Å². The van der Waals surface area contributed by atoms with E-state index in [4.69, 9.17) is 0 Å². The molecule has 0 heterocycles. The molecule has 6 heteroatoms. The lowest BCUT2D eigenvalue weighted by atomic mass is 10.00. The van der Waals surface area contributed by atoms with Crippen molar-refractivity contribution in [1.82, 2.24) is 5.32 Å². The van der Waals surface area contributed by atoms with E-state index in [1.807, 2.05) is 0 Å². The number of hydrogen-bond donors (Lipinski definition) is 5. The second kappa shape index (κ2) is 60.4. The molecule has 0 saturated heterocycles. The van der Waals surface area contributed by atoms with Crippen molar-refractivity contribution >= 4 is 5.91 Å². The number of amides is 1. The molecule has 5 N–H and O–H groups in total. The summed E-state index contributed by atoms with van der Waals surface area (Å²) in [6.45, 7) is 4.09. The third kappa shape index (κ3) is 53.4. The van der Waals surface area contributed by atoms with Crippen LogP contribution in [0.25, 0.3) is 0 Å². The Balaban J connectivity index is 3.59. The Hall–Kier alpha value is -1.47. The second-order valence-electron chi connectivity index (χ2n) is 22.5. The molecule has 0 aromatic rings. The number of nitrogens with one attached hydrogen (secondary N) is 1. The predicted molar refractivity (Wildman–Crippen MR) is 316 cm³/mol. The summed E-state index contributed by atoms with van der Waals surface area (Å²) in [6, 6.07) is -1.00. The fraction of sp³-hybridized carbons (Fsp3) is 0.894. The Kier molecular flexibility index (Phi) is 59.2. The standard InChI is InChI=1S/C66H127NO5/c1-3-5-7-9-11-13-15-17-19-21-23-25-27-29-30-31-32-33-34-35-36-38-40-42-44-46-48-50-52-54-56-58-60-64(70)66(72)67-62(61-68)65(71)63(69)59-57-55-53-51-49-47-45-43-41-39-37-28-26-24-22-20-18-16-14-12-10-8-6-4-2/h23,25,29-30,51,53,62-65,68-71H,3-22,24,26-28,31-50,52,54-61H2,1-2H3,(H,67,72)/b25-23-,30-29-,53-51+. The monoisotopic (exact) mass is 1010 g/mol. The maximum atomic E-state index is 12.6. The van der Waals surface area contributed by atoms with Crippen molar-refractivity contribution in [2.45, 2.75) is 372 Å². The third-order valence-corrected chi connectivity index (χ3v) is 15.3. The number of aliphatic hydroxyl groups is 4. The maximum Gasteiger partial charge on any atom is 0.249 e. The van der Waals surface area contributed by atoms with Gasteiger partial charge >= 0.3 is 0 Å². The predicted octanol–water partition coefficient (Wildman–Crippen LogP) is 19.5. The molecule has 0 aromatic carbocycles. The number of carbonyl (C=O) groups is 1. The van der Waals surface area contributed by atoms with E-state index in [1.54, 1.807) is 0 Å². The van der Waals surface area contributed by atoms with Crippen LogP contribution in [0.15, 0.2) is 36.5 Å². The van der Waals surface area contributed by atoms with Crippen molar-refractivity contribution in [3.05, 3.63) is 36.5 Å². The first-order chi connectivity index (χ1) is 35.5. The van der Waals surface area contributed by atoms with Crippen LogP contribution in [0.5, 0.6) is 0 Å². The van der Waals surface area contributed by atoms with Gasteiger partial charge in [-0.25, -0.2) is 0 Å². The van der Waals surface area contributed by atoms with Crippen LogP contribution >= 0.6 is 0 Å². The van der Waals surface area contributed by atoms with Gasteiger partial charge in [0.1, 0.15) is 12.2 Å². The van der Waals surface area contributed by atoms with Gasteiger partial charge in [-0.15, -0.1) is 0 Å². The fourth-order valence-corrected chi connectivity index (χ4v) is 10.3. The quantitative estimate of drug-likeness (QED) is 0.0308. The highest BCUT2D eigenvalue weighted by Gasteiger charge is 2.28. The van der Waals surface area contributed by atoms with Crippen molar-refractivity contribution in [2.75, 3.05) is 6.61 Å². The molecule has 0 aliphatic carbocycles. The number of allylic oxidation sites excluding steroid dienone is 6. The van der Waals surface area contributed by atoms with E-state index in [0.29, 0.717) is 12.8 Å². The number of carbonyl (C=O) groups excluding carboxylic acids is 1. The highest BCUT2D eigenvalue weighted by atomic mass is 16.3. The molecule has 0 aliphatic heterocycles. The molecule has 0 saturated carbocycles. The number of unbranched alkanes of at least 4 members (excludes halogenated alkanes) is 45. The lowest BCUT2D eigenvalue weighted by Gasteiger charge is -2.27. The fourth-order valence-electron chi connectivity index (χ4n) is 10.3. The maximum absolute atomic E-state index is 12.6. The van der Waals surface area contributed by atoms with Crippen LogP contribution in [0, 0.1) is 0 Å². The van der Waals surface area contributed by atoms with Crippen LogP contribution in [0.4, 0.5) is 0 Å². The lowest BCUT2D eigenvalue weighted by Crippen LogP contribution is -2.53. The first-order valence-electron chi connectivity index (χ1n) is 32.4. The van der Waals surface area contributed by atoms with Gasteiger partial charge in [-0.2, -0.15) is 0 Å². The summed E-state index contributed by atoms with van der Waals surface area (Å²) < 4.78 is 0. The van der Waals surface area contributed by atoms with Crippen LogP contribution in [-0.4, -0.2) is 57.3 Å². The molecular formula is C66H127NO5. The van der Waals surface area contributed by atoms with Gasteiger partial charge in [0.05, 0.1) is 18.8 Å². The zero-order valence-electron chi connectivity index (χ0n) is 48.4. The molecule has 0 bridgehead atoms. The zero-order chi connectivity index (χ0) is 52.3. The van der Waals surface area contributed by atoms with Gasteiger partial charge in [0.2, 0.25) is 5.91 Å². The smallest absolute Gasteiger partial charge is 0.249 e. The van der Waals surface area contributed by atoms with Gasteiger partial charge < -0.3 is 25.7 Å². The first kappa shape index (κ1) is 70.5. The van der Waals surface area contributed by atoms with Gasteiger partial charge in [0.15, 0.2) is 0 Å². The van der Waals surface area contributed by atoms with Gasteiger partial charge in [-0.3, -0.25) is 4.79 Å². The van der Waals surface area contributed by atoms with Crippen molar-refractivity contribution < 1.29 is 25.2 Å². The van der Waals surface area contributed by atoms with E-state index in [1.165, 1.54) is 276 Å². The SMILES string of the molecule is CCCCCCCCCCC/C=C\C/C=C\CCCCCCCCCCCCCCCCCCC(O)C(=O)NC(CO)C(O)C(O)CCC/C=C/CCCCCCCCCCCCCCCCCCCCC. The molecule has 4 atom stereocenters. The van der Waals surface area contributed by atoms with Gasteiger partial charge in [-0.05, 0) is 70.6 Å². The minimum Gasteiger partial charge on any atom is -0.394 e. The van der Waals surface area contributed by atoms with E-state index in [-0.39, 0.29) is 0 Å². The highest BCUT2D eigenvalue weighted by molar-refractivity contribution is 5.80. The number of rotatable bonds is 60. The van der Waals surface area contributed by atoms with E-state index < -0.39 is 36.9 Å². The average molecular weight is 1010 g/mol. The molecule has 0 aliphatic rings. The zero-order valence-corrected chi connectivity index (χ0v) is 48.4. The third-order valence-electron chi connectivity index (χ3n) is 15.3. The summed E-state index contributed by atoms with van der Waals surface area (Å²) in [5, 5.41) is 44.1. The van der Waals surface area contributed by atoms with Gasteiger partial charge in [0, 0.05) is 0 Å². The van der Waals surface area contributed by atoms with Crippen LogP contribution < -0.4 is 5.32 Å². The van der Waals surface area contributed by atoms with Crippen molar-refractivity contribution in [3.63, 3.8) is 0 Å². The van der Waals surface area contributed by atoms with E-state index >= 15 is 0 Å². The molecular weight excluding hydrogens is 887 g/mol. The average Bonchev–Trinajstić information content (AvgIpc) is 3.39. The Morgan fingerprint density at radius 1 is 0.347 bits per heavy atom. The molecule has 0 rings (SSSR count). The first-order valence-corrected chi connectivity index (χ1v) is 32.4. The molecule has 1 amide bonds. The Labute approximate surface area is 449 Å². The van der Waals surface area contributed by atoms with E-state index in [9.17, 15) is 25.2 Å². The minimum absolute atomic E-state index is 0.365. The number of hydrogen-bond acceptors (Lipinski definition) is 5. The minimum atomic E-state index is -1.28. The number of aliphatic hydroxyl groups excluding tert-OH is 4.